The largest absolute Gasteiger partial charge is 0.359 e. The fourth-order valence-corrected chi connectivity index (χ4v) is 2.37. The Labute approximate surface area is 120 Å². The Morgan fingerprint density at radius 1 is 1.45 bits per heavy atom. The van der Waals surface area contributed by atoms with Crippen LogP contribution in [-0.4, -0.2) is 32.1 Å². The fraction of sp³-hybridized carbons (Fsp3) is 0.500. The predicted octanol–water partition coefficient (Wildman–Crippen LogP) is 2.21. The van der Waals surface area contributed by atoms with Crippen molar-refractivity contribution in [1.82, 2.24) is 20.2 Å². The average Bonchev–Trinajstić information content (AvgIpc) is 2.91. The van der Waals surface area contributed by atoms with Crippen LogP contribution in [0.4, 0.5) is 11.1 Å². The summed E-state index contributed by atoms with van der Waals surface area (Å²) in [5.74, 6) is 0.972. The van der Waals surface area contributed by atoms with E-state index in [1.54, 1.807) is 5.38 Å². The Kier molecular flexibility index (Phi) is 3.39. The smallest absolute Gasteiger partial charge is 0.277 e. The van der Waals surface area contributed by atoms with Crippen LogP contribution in [0, 0.1) is 0 Å². The van der Waals surface area contributed by atoms with E-state index in [1.165, 1.54) is 24.2 Å². The van der Waals surface area contributed by atoms with Crippen molar-refractivity contribution in [3.05, 3.63) is 16.9 Å². The van der Waals surface area contributed by atoms with Crippen molar-refractivity contribution in [3.8, 4) is 0 Å². The molecule has 0 spiro atoms. The van der Waals surface area contributed by atoms with Crippen LogP contribution in [0.15, 0.2) is 5.38 Å². The van der Waals surface area contributed by atoms with E-state index in [2.05, 4.69) is 30.8 Å². The van der Waals surface area contributed by atoms with Gasteiger partial charge in [0.2, 0.25) is 5.95 Å². The van der Waals surface area contributed by atoms with E-state index in [-0.39, 0.29) is 17.8 Å². The Balaban J connectivity index is 1.63. The third-order valence-corrected chi connectivity index (χ3v) is 3.69. The standard InChI is InChI=1S/C12H16N6OS/c1-6(2)9-15-11(18-17-9)16-10(19)8-5-20-12(14-8)13-7-3-4-7/h5-7H,3-4H2,1-2H3,(H,13,14)(H2,15,16,17,18,19). The van der Waals surface area contributed by atoms with Crippen LogP contribution < -0.4 is 10.6 Å². The highest BCUT2D eigenvalue weighted by molar-refractivity contribution is 7.13. The number of aromatic nitrogens is 4. The lowest BCUT2D eigenvalue weighted by Crippen LogP contribution is -2.13. The number of thiazole rings is 1. The summed E-state index contributed by atoms with van der Waals surface area (Å²) in [6, 6.07) is 0.527. The summed E-state index contributed by atoms with van der Waals surface area (Å²) < 4.78 is 0. The summed E-state index contributed by atoms with van der Waals surface area (Å²) in [6.07, 6.45) is 2.35. The summed E-state index contributed by atoms with van der Waals surface area (Å²) in [7, 11) is 0. The number of amides is 1. The first-order valence-electron chi connectivity index (χ1n) is 6.57. The summed E-state index contributed by atoms with van der Waals surface area (Å²) in [5, 5.41) is 15.2. The van der Waals surface area contributed by atoms with Gasteiger partial charge in [-0.3, -0.25) is 15.2 Å². The van der Waals surface area contributed by atoms with Gasteiger partial charge >= 0.3 is 0 Å². The molecule has 8 heteroatoms. The molecule has 7 nitrogen and oxygen atoms in total. The van der Waals surface area contributed by atoms with Crippen molar-refractivity contribution in [3.63, 3.8) is 0 Å². The molecule has 1 saturated carbocycles. The molecule has 1 aliphatic rings. The molecule has 0 atom stereocenters. The number of hydrogen-bond acceptors (Lipinski definition) is 6. The number of nitrogens with one attached hydrogen (secondary N) is 3. The van der Waals surface area contributed by atoms with Gasteiger partial charge in [-0.05, 0) is 12.8 Å². The van der Waals surface area contributed by atoms with Crippen LogP contribution in [0.25, 0.3) is 0 Å². The van der Waals surface area contributed by atoms with Crippen molar-refractivity contribution < 1.29 is 4.79 Å². The molecular formula is C12H16N6OS. The number of hydrogen-bond donors (Lipinski definition) is 3. The molecule has 0 aromatic carbocycles. The van der Waals surface area contributed by atoms with Crippen LogP contribution in [0.1, 0.15) is 48.9 Å². The first kappa shape index (κ1) is 13.0. The minimum Gasteiger partial charge on any atom is -0.359 e. The maximum Gasteiger partial charge on any atom is 0.277 e. The highest BCUT2D eigenvalue weighted by atomic mass is 32.1. The molecule has 2 aromatic heterocycles. The molecule has 1 aliphatic carbocycles. The first-order chi connectivity index (χ1) is 9.61. The molecule has 0 saturated heterocycles. The number of H-pyrrole nitrogens is 1. The van der Waals surface area contributed by atoms with Crippen molar-refractivity contribution >= 4 is 28.3 Å². The van der Waals surface area contributed by atoms with E-state index < -0.39 is 0 Å². The zero-order chi connectivity index (χ0) is 14.1. The van der Waals surface area contributed by atoms with Gasteiger partial charge in [-0.2, -0.15) is 4.98 Å². The summed E-state index contributed by atoms with van der Waals surface area (Å²) in [4.78, 5) is 20.5. The third kappa shape index (κ3) is 2.96. The lowest BCUT2D eigenvalue weighted by molar-refractivity contribution is 0.102. The minimum atomic E-state index is -0.292. The first-order valence-corrected chi connectivity index (χ1v) is 7.45. The van der Waals surface area contributed by atoms with Gasteiger partial charge in [0.15, 0.2) is 5.13 Å². The monoisotopic (exact) mass is 292 g/mol. The summed E-state index contributed by atoms with van der Waals surface area (Å²) >= 11 is 1.44. The van der Waals surface area contributed by atoms with Gasteiger partial charge in [0.25, 0.3) is 5.91 Å². The van der Waals surface area contributed by atoms with E-state index in [0.717, 1.165) is 11.0 Å². The SMILES string of the molecule is CC(C)c1nc(NC(=O)c2csc(NC3CC3)n2)n[nH]1. The maximum atomic E-state index is 12.0. The second kappa shape index (κ2) is 5.20. The quantitative estimate of drug-likeness (QED) is 0.785. The van der Waals surface area contributed by atoms with Crippen molar-refractivity contribution in [2.45, 2.75) is 38.6 Å². The second-order valence-electron chi connectivity index (χ2n) is 5.11. The number of carbonyl (C=O) groups is 1. The van der Waals surface area contributed by atoms with E-state index in [9.17, 15) is 4.79 Å². The van der Waals surface area contributed by atoms with E-state index in [0.29, 0.717) is 11.7 Å². The van der Waals surface area contributed by atoms with Crippen LogP contribution in [0.5, 0.6) is 0 Å². The van der Waals surface area contributed by atoms with Gasteiger partial charge in [-0.1, -0.05) is 13.8 Å². The zero-order valence-electron chi connectivity index (χ0n) is 11.3. The number of rotatable bonds is 5. The molecule has 1 amide bonds. The molecular weight excluding hydrogens is 276 g/mol. The molecule has 20 heavy (non-hydrogen) atoms. The molecule has 0 bridgehead atoms. The molecule has 0 aliphatic heterocycles. The average molecular weight is 292 g/mol. The van der Waals surface area contributed by atoms with Crippen LogP contribution >= 0.6 is 11.3 Å². The van der Waals surface area contributed by atoms with Crippen LogP contribution in [0.3, 0.4) is 0 Å². The van der Waals surface area contributed by atoms with Gasteiger partial charge in [-0.25, -0.2) is 4.98 Å². The fourth-order valence-electron chi connectivity index (χ4n) is 1.60. The van der Waals surface area contributed by atoms with Crippen LogP contribution in [0.2, 0.25) is 0 Å². The van der Waals surface area contributed by atoms with Gasteiger partial charge in [0.1, 0.15) is 11.5 Å². The Hall–Kier alpha value is -1.96. The van der Waals surface area contributed by atoms with Gasteiger partial charge in [0.05, 0.1) is 0 Å². The van der Waals surface area contributed by atoms with Crippen LogP contribution in [-0.2, 0) is 0 Å². The number of carbonyl (C=O) groups excluding carboxylic acids is 1. The number of aromatic amines is 1. The van der Waals surface area contributed by atoms with Gasteiger partial charge in [-0.15, -0.1) is 16.4 Å². The molecule has 0 radical (unpaired) electrons. The Bertz CT molecular complexity index is 615. The molecule has 3 rings (SSSR count). The zero-order valence-corrected chi connectivity index (χ0v) is 12.1. The Morgan fingerprint density at radius 2 is 2.25 bits per heavy atom. The molecule has 2 aromatic rings. The highest BCUT2D eigenvalue weighted by Gasteiger charge is 2.22. The Morgan fingerprint density at radius 3 is 2.90 bits per heavy atom. The van der Waals surface area contributed by atoms with E-state index in [4.69, 9.17) is 0 Å². The second-order valence-corrected chi connectivity index (χ2v) is 5.97. The lowest BCUT2D eigenvalue weighted by atomic mass is 10.2. The third-order valence-electron chi connectivity index (χ3n) is 2.92. The molecule has 3 N–H and O–H groups in total. The van der Waals surface area contributed by atoms with E-state index in [1.807, 2.05) is 13.8 Å². The van der Waals surface area contributed by atoms with Gasteiger partial charge < -0.3 is 5.32 Å². The summed E-state index contributed by atoms with van der Waals surface area (Å²) in [5.41, 5.74) is 0.383. The van der Waals surface area contributed by atoms with E-state index >= 15 is 0 Å². The number of nitrogens with zero attached hydrogens (tertiary/aromatic N) is 3. The maximum absolute atomic E-state index is 12.0. The molecule has 1 fully saturated rings. The van der Waals surface area contributed by atoms with Crippen molar-refractivity contribution in [2.24, 2.45) is 0 Å². The van der Waals surface area contributed by atoms with Crippen molar-refractivity contribution in [1.29, 1.82) is 0 Å². The predicted molar refractivity (Wildman–Crippen MR) is 77.2 cm³/mol. The molecule has 106 valence electrons. The highest BCUT2D eigenvalue weighted by Crippen LogP contribution is 2.26. The van der Waals surface area contributed by atoms with Crippen molar-refractivity contribution in [2.75, 3.05) is 10.6 Å². The minimum absolute atomic E-state index is 0.238. The summed E-state index contributed by atoms with van der Waals surface area (Å²) in [6.45, 7) is 4.00. The van der Waals surface area contributed by atoms with Gasteiger partial charge in [0, 0.05) is 17.3 Å². The number of anilines is 2. The normalized spacial score (nSPS) is 14.6. The molecule has 0 unspecified atom stereocenters. The lowest BCUT2D eigenvalue weighted by Gasteiger charge is -1.98. The topological polar surface area (TPSA) is 95.6 Å². The molecule has 2 heterocycles.